The Bertz CT molecular complexity index is 286. The van der Waals surface area contributed by atoms with Gasteiger partial charge >= 0.3 is 0 Å². The summed E-state index contributed by atoms with van der Waals surface area (Å²) in [7, 11) is 0. The van der Waals surface area contributed by atoms with Crippen molar-refractivity contribution in [3.63, 3.8) is 0 Å². The highest BCUT2D eigenvalue weighted by Crippen LogP contribution is 2.90. The van der Waals surface area contributed by atoms with Crippen LogP contribution in [0.15, 0.2) is 0 Å². The first kappa shape index (κ1) is 6.39. The first-order valence-electron chi connectivity index (χ1n) is 4.99. The summed E-state index contributed by atoms with van der Waals surface area (Å²) in [6.07, 6.45) is 4.49. The second kappa shape index (κ2) is 1.28. The van der Waals surface area contributed by atoms with Gasteiger partial charge in [-0.25, -0.2) is 0 Å². The van der Waals surface area contributed by atoms with Crippen LogP contribution in [0.25, 0.3) is 0 Å². The maximum absolute atomic E-state index is 10.0. The number of hydrogen-bond donors (Lipinski definition) is 2. The molecule has 5 unspecified atom stereocenters. The van der Waals surface area contributed by atoms with E-state index in [-0.39, 0.29) is 11.0 Å². The van der Waals surface area contributed by atoms with Gasteiger partial charge in [0.05, 0.1) is 5.60 Å². The molecule has 4 aliphatic rings. The molecule has 0 aromatic heterocycles. The van der Waals surface area contributed by atoms with Crippen LogP contribution in [0.1, 0.15) is 25.7 Å². The van der Waals surface area contributed by atoms with Gasteiger partial charge in [0, 0.05) is 17.9 Å². The van der Waals surface area contributed by atoms with Crippen LogP contribution in [0, 0.1) is 22.7 Å². The maximum Gasteiger partial charge on any atom is 0.0699 e. The van der Waals surface area contributed by atoms with Crippen LogP contribution in [0.2, 0.25) is 0 Å². The van der Waals surface area contributed by atoms with Gasteiger partial charge in [0.15, 0.2) is 0 Å². The Labute approximate surface area is 71.6 Å². The molecule has 2 heteroatoms. The van der Waals surface area contributed by atoms with Gasteiger partial charge in [-0.1, -0.05) is 0 Å². The van der Waals surface area contributed by atoms with E-state index in [4.69, 9.17) is 0 Å². The van der Waals surface area contributed by atoms with Crippen LogP contribution in [-0.4, -0.2) is 22.4 Å². The Morgan fingerprint density at radius 2 is 2.08 bits per heavy atom. The summed E-state index contributed by atoms with van der Waals surface area (Å²) in [6.45, 7) is 0.318. The Morgan fingerprint density at radius 1 is 1.25 bits per heavy atom. The van der Waals surface area contributed by atoms with Crippen molar-refractivity contribution in [2.24, 2.45) is 22.7 Å². The molecule has 1 spiro atoms. The Morgan fingerprint density at radius 3 is 2.67 bits per heavy atom. The molecule has 66 valence electrons. The number of aliphatic hydroxyl groups excluding tert-OH is 1. The third-order valence-electron chi connectivity index (χ3n) is 5.27. The van der Waals surface area contributed by atoms with E-state index in [1.165, 1.54) is 12.8 Å². The Balaban J connectivity index is 1.82. The van der Waals surface area contributed by atoms with E-state index in [0.717, 1.165) is 18.8 Å². The van der Waals surface area contributed by atoms with Gasteiger partial charge in [0.1, 0.15) is 0 Å². The Kier molecular flexibility index (Phi) is 0.684. The van der Waals surface area contributed by atoms with Crippen molar-refractivity contribution in [2.75, 3.05) is 6.61 Å². The summed E-state index contributed by atoms with van der Waals surface area (Å²) >= 11 is 0. The Hall–Kier alpha value is -0.0800. The zero-order valence-electron chi connectivity index (χ0n) is 7.08. The van der Waals surface area contributed by atoms with E-state index in [9.17, 15) is 10.2 Å². The van der Waals surface area contributed by atoms with Crippen molar-refractivity contribution in [3.8, 4) is 0 Å². The summed E-state index contributed by atoms with van der Waals surface area (Å²) in [5.74, 6) is 1.37. The van der Waals surface area contributed by atoms with Crippen molar-refractivity contribution in [2.45, 2.75) is 31.3 Å². The van der Waals surface area contributed by atoms with Crippen LogP contribution in [-0.2, 0) is 0 Å². The fourth-order valence-electron chi connectivity index (χ4n) is 5.24. The maximum atomic E-state index is 10.0. The van der Waals surface area contributed by atoms with Crippen molar-refractivity contribution in [3.05, 3.63) is 0 Å². The fraction of sp³-hybridized carbons (Fsp3) is 1.00. The van der Waals surface area contributed by atoms with Crippen LogP contribution in [0.5, 0.6) is 0 Å². The lowest BCUT2D eigenvalue weighted by Gasteiger charge is -2.68. The minimum absolute atomic E-state index is 0.177. The molecule has 0 radical (unpaired) electrons. The van der Waals surface area contributed by atoms with Crippen molar-refractivity contribution in [1.82, 2.24) is 0 Å². The third kappa shape index (κ3) is 0.359. The smallest absolute Gasteiger partial charge is 0.0699 e. The lowest BCUT2D eigenvalue weighted by Crippen LogP contribution is -2.71. The minimum Gasteiger partial charge on any atom is -0.396 e. The number of hydrogen-bond acceptors (Lipinski definition) is 2. The van der Waals surface area contributed by atoms with Crippen LogP contribution in [0.3, 0.4) is 0 Å². The third-order valence-corrected chi connectivity index (χ3v) is 5.27. The molecule has 0 bridgehead atoms. The average Bonchev–Trinajstić information content (AvgIpc) is 2.57. The summed E-state index contributed by atoms with van der Waals surface area (Å²) in [5, 5.41) is 19.4. The highest BCUT2D eigenvalue weighted by Gasteiger charge is 2.89. The fourth-order valence-corrected chi connectivity index (χ4v) is 5.24. The molecule has 0 heterocycles. The van der Waals surface area contributed by atoms with Gasteiger partial charge in [-0.15, -0.1) is 0 Å². The first-order valence-corrected chi connectivity index (χ1v) is 4.99. The van der Waals surface area contributed by atoms with Gasteiger partial charge in [-0.05, 0) is 37.0 Å². The highest BCUT2D eigenvalue weighted by atomic mass is 16.3. The van der Waals surface area contributed by atoms with Crippen molar-refractivity contribution < 1.29 is 10.2 Å². The first-order chi connectivity index (χ1) is 5.65. The summed E-state index contributed by atoms with van der Waals surface area (Å²) in [4.78, 5) is 0. The average molecular weight is 166 g/mol. The molecule has 0 amide bonds. The van der Waals surface area contributed by atoms with Gasteiger partial charge in [0.2, 0.25) is 0 Å². The predicted molar refractivity (Wildman–Crippen MR) is 42.3 cm³/mol. The summed E-state index contributed by atoms with van der Waals surface area (Å²) in [6, 6.07) is 0. The molecular weight excluding hydrogens is 152 g/mol. The van der Waals surface area contributed by atoms with Crippen LogP contribution < -0.4 is 0 Å². The summed E-state index contributed by atoms with van der Waals surface area (Å²) < 4.78 is 0. The van der Waals surface area contributed by atoms with Crippen LogP contribution >= 0.6 is 0 Å². The SMILES string of the molecule is OCC12CC3CC34CC(O)(C1)C24. The number of aliphatic hydroxyl groups is 2. The van der Waals surface area contributed by atoms with Crippen molar-refractivity contribution in [1.29, 1.82) is 0 Å². The molecule has 4 fully saturated rings. The molecule has 4 saturated carbocycles. The van der Waals surface area contributed by atoms with Gasteiger partial charge < -0.3 is 10.2 Å². The highest BCUT2D eigenvalue weighted by molar-refractivity contribution is 5.38. The van der Waals surface area contributed by atoms with Crippen LogP contribution in [0.4, 0.5) is 0 Å². The quantitative estimate of drug-likeness (QED) is 0.596. The molecule has 4 aliphatic carbocycles. The lowest BCUT2D eigenvalue weighted by atomic mass is 9.39. The van der Waals surface area contributed by atoms with Gasteiger partial charge in [-0.3, -0.25) is 0 Å². The molecule has 5 atom stereocenters. The normalized spacial score (nSPS) is 75.5. The molecule has 0 aromatic carbocycles. The zero-order chi connectivity index (χ0) is 8.19. The van der Waals surface area contributed by atoms with Crippen molar-refractivity contribution >= 4 is 0 Å². The molecule has 4 rings (SSSR count). The zero-order valence-corrected chi connectivity index (χ0v) is 7.08. The van der Waals surface area contributed by atoms with E-state index < -0.39 is 0 Å². The second-order valence-corrected chi connectivity index (χ2v) is 5.75. The van der Waals surface area contributed by atoms with E-state index >= 15 is 0 Å². The van der Waals surface area contributed by atoms with E-state index in [1.54, 1.807) is 0 Å². The number of rotatable bonds is 1. The van der Waals surface area contributed by atoms with E-state index in [1.807, 2.05) is 0 Å². The molecule has 2 N–H and O–H groups in total. The minimum atomic E-state index is -0.325. The van der Waals surface area contributed by atoms with E-state index in [2.05, 4.69) is 0 Å². The largest absolute Gasteiger partial charge is 0.396 e. The topological polar surface area (TPSA) is 40.5 Å². The second-order valence-electron chi connectivity index (χ2n) is 5.75. The monoisotopic (exact) mass is 166 g/mol. The molecule has 0 aromatic rings. The van der Waals surface area contributed by atoms with Gasteiger partial charge in [0.25, 0.3) is 0 Å². The molecule has 12 heavy (non-hydrogen) atoms. The molecule has 2 nitrogen and oxygen atoms in total. The molecule has 0 aliphatic heterocycles. The molecular formula is C10H14O2. The lowest BCUT2D eigenvalue weighted by molar-refractivity contribution is -0.290. The van der Waals surface area contributed by atoms with E-state index in [0.29, 0.717) is 17.9 Å². The predicted octanol–water partition coefficient (Wildman–Crippen LogP) is 0.530. The molecule has 0 saturated heterocycles. The summed E-state index contributed by atoms with van der Waals surface area (Å²) in [5.41, 5.74) is 0.389. The standard InChI is InChI=1S/C10H14O2/c11-5-8-1-6-2-9(6)4-10(12,3-8)7(8)9/h6-7,11-12H,1-5H2. The van der Waals surface area contributed by atoms with Gasteiger partial charge in [-0.2, -0.15) is 0 Å².